The van der Waals surface area contributed by atoms with Gasteiger partial charge < -0.3 is 19.3 Å². The third kappa shape index (κ3) is 2.89. The van der Waals surface area contributed by atoms with Crippen molar-refractivity contribution in [1.29, 1.82) is 0 Å². The van der Waals surface area contributed by atoms with Gasteiger partial charge in [-0.05, 0) is 6.92 Å². The Morgan fingerprint density at radius 3 is 2.61 bits per heavy atom. The van der Waals surface area contributed by atoms with Gasteiger partial charge in [0.2, 0.25) is 6.29 Å². The van der Waals surface area contributed by atoms with E-state index in [9.17, 15) is 14.7 Å². The van der Waals surface area contributed by atoms with E-state index in [1.54, 1.807) is 13.0 Å². The second-order valence-electron chi connectivity index (χ2n) is 3.67. The summed E-state index contributed by atoms with van der Waals surface area (Å²) in [5.41, 5.74) is 0.615. The molecular formula is C12H16O6. The molecule has 1 heterocycles. The Balaban J connectivity index is 3.06. The molecule has 0 fully saturated rings. The zero-order valence-electron chi connectivity index (χ0n) is 10.5. The van der Waals surface area contributed by atoms with Gasteiger partial charge in [0.1, 0.15) is 0 Å². The first-order chi connectivity index (χ1) is 8.54. The summed E-state index contributed by atoms with van der Waals surface area (Å²) < 4.78 is 14.1. The van der Waals surface area contributed by atoms with Gasteiger partial charge in [-0.3, -0.25) is 4.79 Å². The van der Waals surface area contributed by atoms with Crippen LogP contribution < -0.4 is 0 Å². The fraction of sp³-hybridized carbons (Fsp3) is 0.500. The van der Waals surface area contributed by atoms with Crippen LogP contribution in [0.5, 0.6) is 0 Å². The summed E-state index contributed by atoms with van der Waals surface area (Å²) in [6.07, 6.45) is 1.50. The average Bonchev–Trinajstić information content (AvgIpc) is 2.38. The molecule has 0 aliphatic carbocycles. The summed E-state index contributed by atoms with van der Waals surface area (Å²) in [4.78, 5) is 22.9. The number of esters is 2. The molecule has 0 spiro atoms. The van der Waals surface area contributed by atoms with Crippen molar-refractivity contribution < 1.29 is 28.9 Å². The molecule has 0 bridgehead atoms. The van der Waals surface area contributed by atoms with Crippen molar-refractivity contribution in [2.45, 2.75) is 19.6 Å². The fourth-order valence-corrected chi connectivity index (χ4v) is 1.78. The van der Waals surface area contributed by atoms with Crippen molar-refractivity contribution in [2.75, 3.05) is 14.2 Å². The smallest absolute Gasteiger partial charge is 0.337 e. The van der Waals surface area contributed by atoms with Gasteiger partial charge in [-0.15, -0.1) is 0 Å². The maximum Gasteiger partial charge on any atom is 0.337 e. The van der Waals surface area contributed by atoms with Crippen LogP contribution in [0.25, 0.3) is 0 Å². The van der Waals surface area contributed by atoms with Gasteiger partial charge in [0.05, 0.1) is 32.5 Å². The number of hydrogen-bond acceptors (Lipinski definition) is 6. The molecular weight excluding hydrogens is 240 g/mol. The molecule has 2 unspecified atom stereocenters. The van der Waals surface area contributed by atoms with Crippen LogP contribution in [0.1, 0.15) is 13.3 Å². The van der Waals surface area contributed by atoms with E-state index in [4.69, 9.17) is 4.74 Å². The fourth-order valence-electron chi connectivity index (χ4n) is 1.78. The Hall–Kier alpha value is -1.82. The Kier molecular flexibility index (Phi) is 4.91. The van der Waals surface area contributed by atoms with Crippen molar-refractivity contribution in [2.24, 2.45) is 5.92 Å². The summed E-state index contributed by atoms with van der Waals surface area (Å²) in [5.74, 6) is -1.68. The Bertz CT molecular complexity index is 395. The number of aliphatic hydroxyl groups is 1. The molecule has 100 valence electrons. The van der Waals surface area contributed by atoms with Gasteiger partial charge >= 0.3 is 11.9 Å². The van der Waals surface area contributed by atoms with Crippen LogP contribution in [-0.4, -0.2) is 37.6 Å². The summed E-state index contributed by atoms with van der Waals surface area (Å²) in [6, 6.07) is 0. The molecule has 0 saturated heterocycles. The SMILES string of the molecule is C/C=C1\C(O)OC=C(C(=O)OC)C1CC(=O)OC. The van der Waals surface area contributed by atoms with E-state index < -0.39 is 24.1 Å². The molecule has 1 aliphatic rings. The molecule has 0 aromatic carbocycles. The largest absolute Gasteiger partial charge is 0.469 e. The topological polar surface area (TPSA) is 82.1 Å². The lowest BCUT2D eigenvalue weighted by molar-refractivity contribution is -0.142. The van der Waals surface area contributed by atoms with E-state index in [0.717, 1.165) is 6.26 Å². The van der Waals surface area contributed by atoms with Crippen LogP contribution in [-0.2, 0) is 23.8 Å². The molecule has 6 nitrogen and oxygen atoms in total. The molecule has 0 saturated carbocycles. The number of methoxy groups -OCH3 is 2. The van der Waals surface area contributed by atoms with E-state index in [1.807, 2.05) is 0 Å². The van der Waals surface area contributed by atoms with E-state index >= 15 is 0 Å². The maximum atomic E-state index is 11.6. The Labute approximate surface area is 105 Å². The second-order valence-corrected chi connectivity index (χ2v) is 3.67. The van der Waals surface area contributed by atoms with Crippen LogP contribution in [0.3, 0.4) is 0 Å². The van der Waals surface area contributed by atoms with E-state index in [2.05, 4.69) is 9.47 Å². The highest BCUT2D eigenvalue weighted by atomic mass is 16.6. The predicted octanol–water partition coefficient (Wildman–Crippen LogP) is 0.517. The molecule has 0 aromatic rings. The highest BCUT2D eigenvalue weighted by Gasteiger charge is 2.35. The van der Waals surface area contributed by atoms with Crippen LogP contribution in [0, 0.1) is 5.92 Å². The van der Waals surface area contributed by atoms with Gasteiger partial charge in [-0.1, -0.05) is 6.08 Å². The van der Waals surface area contributed by atoms with Crippen LogP contribution in [0.4, 0.5) is 0 Å². The number of carbonyl (C=O) groups excluding carboxylic acids is 2. The molecule has 0 radical (unpaired) electrons. The first-order valence-corrected chi connectivity index (χ1v) is 5.40. The quantitative estimate of drug-likeness (QED) is 0.585. The second kappa shape index (κ2) is 6.20. The first-order valence-electron chi connectivity index (χ1n) is 5.40. The normalized spacial score (nSPS) is 25.1. The minimum Gasteiger partial charge on any atom is -0.469 e. The summed E-state index contributed by atoms with van der Waals surface area (Å²) in [6.45, 7) is 1.69. The van der Waals surface area contributed by atoms with Crippen molar-refractivity contribution in [3.63, 3.8) is 0 Å². The van der Waals surface area contributed by atoms with Crippen molar-refractivity contribution in [3.05, 3.63) is 23.5 Å². The Morgan fingerprint density at radius 1 is 1.44 bits per heavy atom. The van der Waals surface area contributed by atoms with Crippen molar-refractivity contribution >= 4 is 11.9 Å². The van der Waals surface area contributed by atoms with E-state index in [1.165, 1.54) is 14.2 Å². The third-order valence-electron chi connectivity index (χ3n) is 2.74. The zero-order chi connectivity index (χ0) is 13.7. The van der Waals surface area contributed by atoms with E-state index in [-0.39, 0.29) is 12.0 Å². The lowest BCUT2D eigenvalue weighted by Gasteiger charge is -2.28. The highest BCUT2D eigenvalue weighted by Crippen LogP contribution is 2.32. The average molecular weight is 256 g/mol. The molecule has 1 N–H and O–H groups in total. The number of ether oxygens (including phenoxy) is 3. The summed E-state index contributed by atoms with van der Waals surface area (Å²) in [7, 11) is 2.49. The van der Waals surface area contributed by atoms with Crippen LogP contribution >= 0.6 is 0 Å². The molecule has 1 rings (SSSR count). The van der Waals surface area contributed by atoms with Crippen LogP contribution in [0.2, 0.25) is 0 Å². The molecule has 6 heteroatoms. The monoisotopic (exact) mass is 256 g/mol. The highest BCUT2D eigenvalue weighted by molar-refractivity contribution is 5.90. The maximum absolute atomic E-state index is 11.6. The number of allylic oxidation sites excluding steroid dienone is 1. The number of carbonyl (C=O) groups is 2. The third-order valence-corrected chi connectivity index (χ3v) is 2.74. The molecule has 18 heavy (non-hydrogen) atoms. The molecule has 2 atom stereocenters. The lowest BCUT2D eigenvalue weighted by atomic mass is 9.86. The molecule has 0 aromatic heterocycles. The predicted molar refractivity (Wildman–Crippen MR) is 61.1 cm³/mol. The van der Waals surface area contributed by atoms with E-state index in [0.29, 0.717) is 5.57 Å². The standard InChI is InChI=1S/C12H16O6/c1-4-7-8(5-10(13)16-2)9(11(14)17-3)6-18-12(7)15/h4,6,8,12,15H,5H2,1-3H3/b7-4-. The van der Waals surface area contributed by atoms with Gasteiger partial charge in [-0.2, -0.15) is 0 Å². The minimum atomic E-state index is -1.17. The van der Waals surface area contributed by atoms with Crippen molar-refractivity contribution in [3.8, 4) is 0 Å². The number of rotatable bonds is 3. The van der Waals surface area contributed by atoms with Gasteiger partial charge in [0.15, 0.2) is 0 Å². The van der Waals surface area contributed by atoms with Crippen molar-refractivity contribution in [1.82, 2.24) is 0 Å². The summed E-state index contributed by atoms with van der Waals surface area (Å²) in [5, 5.41) is 9.66. The number of aliphatic hydroxyl groups excluding tert-OH is 1. The summed E-state index contributed by atoms with van der Waals surface area (Å²) >= 11 is 0. The van der Waals surface area contributed by atoms with Crippen LogP contribution in [0.15, 0.2) is 23.5 Å². The lowest BCUT2D eigenvalue weighted by Crippen LogP contribution is -2.31. The minimum absolute atomic E-state index is 0.0580. The van der Waals surface area contributed by atoms with Gasteiger partial charge in [-0.25, -0.2) is 4.79 Å². The van der Waals surface area contributed by atoms with Gasteiger partial charge in [0.25, 0.3) is 0 Å². The number of hydrogen-bond donors (Lipinski definition) is 1. The molecule has 1 aliphatic heterocycles. The van der Waals surface area contributed by atoms with Gasteiger partial charge in [0, 0.05) is 11.5 Å². The zero-order valence-corrected chi connectivity index (χ0v) is 10.5. The first kappa shape index (κ1) is 14.2. The Morgan fingerprint density at radius 2 is 2.11 bits per heavy atom. The molecule has 0 amide bonds.